The van der Waals surface area contributed by atoms with Crippen molar-refractivity contribution < 1.29 is 14.0 Å². The van der Waals surface area contributed by atoms with Crippen molar-refractivity contribution in [2.75, 3.05) is 0 Å². The highest BCUT2D eigenvalue weighted by Gasteiger charge is 2.32. The number of carbonyl (C=O) groups excluding carboxylic acids is 2. The van der Waals surface area contributed by atoms with Gasteiger partial charge in [-0.25, -0.2) is 4.39 Å². The molecular weight excluding hydrogens is 463 g/mol. The van der Waals surface area contributed by atoms with Crippen molar-refractivity contribution in [1.82, 2.24) is 10.2 Å². The number of hydrogen-bond acceptors (Lipinski definition) is 2. The molecule has 5 heteroatoms. The highest BCUT2D eigenvalue weighted by Crippen LogP contribution is 2.30. The van der Waals surface area contributed by atoms with Crippen molar-refractivity contribution in [1.29, 1.82) is 0 Å². The van der Waals surface area contributed by atoms with Gasteiger partial charge in [0, 0.05) is 24.9 Å². The van der Waals surface area contributed by atoms with Crippen LogP contribution in [-0.2, 0) is 16.1 Å². The molecule has 0 unspecified atom stereocenters. The molecule has 0 heterocycles. The van der Waals surface area contributed by atoms with Crippen LogP contribution in [0, 0.1) is 5.82 Å². The van der Waals surface area contributed by atoms with Gasteiger partial charge >= 0.3 is 0 Å². The van der Waals surface area contributed by atoms with E-state index in [4.69, 9.17) is 0 Å². The molecule has 0 saturated heterocycles. The molecule has 0 radical (unpaired) electrons. The lowest BCUT2D eigenvalue weighted by Gasteiger charge is -2.34. The number of carbonyl (C=O) groups is 2. The Hall–Kier alpha value is -3.47. The fourth-order valence-electron chi connectivity index (χ4n) is 5.34. The maximum atomic E-state index is 14.0. The Labute approximate surface area is 219 Å². The van der Waals surface area contributed by atoms with Gasteiger partial charge < -0.3 is 10.2 Å². The van der Waals surface area contributed by atoms with Crippen LogP contribution in [0.4, 0.5) is 4.39 Å². The topological polar surface area (TPSA) is 49.4 Å². The summed E-state index contributed by atoms with van der Waals surface area (Å²) in [5.41, 5.74) is 2.92. The number of amides is 2. The van der Waals surface area contributed by atoms with E-state index in [0.29, 0.717) is 6.42 Å². The SMILES string of the molecule is CC[C@@H](C(=O)NC1CCCCC1)N(Cc1ccc(F)cc1)C(=O)CC(c1ccccc1)c1ccccc1. The third-order valence-corrected chi connectivity index (χ3v) is 7.39. The number of halogens is 1. The first-order valence-corrected chi connectivity index (χ1v) is 13.5. The number of benzene rings is 3. The Morgan fingerprint density at radius 3 is 1.97 bits per heavy atom. The lowest BCUT2D eigenvalue weighted by molar-refractivity contribution is -0.142. The molecule has 0 aliphatic heterocycles. The fraction of sp³-hybridized carbons (Fsp3) is 0.375. The van der Waals surface area contributed by atoms with Crippen molar-refractivity contribution in [3.8, 4) is 0 Å². The molecule has 1 fully saturated rings. The lowest BCUT2D eigenvalue weighted by atomic mass is 9.88. The third-order valence-electron chi connectivity index (χ3n) is 7.39. The van der Waals surface area contributed by atoms with Gasteiger partial charge in [-0.05, 0) is 48.1 Å². The summed E-state index contributed by atoms with van der Waals surface area (Å²) in [6, 6.07) is 25.8. The van der Waals surface area contributed by atoms with Gasteiger partial charge in [-0.1, -0.05) is 99.0 Å². The molecule has 3 aromatic rings. The van der Waals surface area contributed by atoms with Gasteiger partial charge in [-0.2, -0.15) is 0 Å². The Kier molecular flexibility index (Phi) is 9.47. The Balaban J connectivity index is 1.61. The molecule has 4 nitrogen and oxygen atoms in total. The second-order valence-electron chi connectivity index (χ2n) is 9.99. The summed E-state index contributed by atoms with van der Waals surface area (Å²) in [5, 5.41) is 3.22. The zero-order valence-corrected chi connectivity index (χ0v) is 21.6. The first kappa shape index (κ1) is 26.6. The second-order valence-corrected chi connectivity index (χ2v) is 9.99. The van der Waals surface area contributed by atoms with Crippen molar-refractivity contribution in [3.63, 3.8) is 0 Å². The molecule has 0 bridgehead atoms. The normalized spacial score (nSPS) is 14.8. The van der Waals surface area contributed by atoms with E-state index in [1.807, 2.05) is 67.6 Å². The van der Waals surface area contributed by atoms with Crippen LogP contribution < -0.4 is 5.32 Å². The predicted molar refractivity (Wildman–Crippen MR) is 145 cm³/mol. The number of rotatable bonds is 10. The van der Waals surface area contributed by atoms with Crippen LogP contribution in [0.1, 0.15) is 74.5 Å². The molecule has 1 aliphatic rings. The summed E-state index contributed by atoms with van der Waals surface area (Å²) in [4.78, 5) is 29.2. The maximum absolute atomic E-state index is 14.0. The summed E-state index contributed by atoms with van der Waals surface area (Å²) in [5.74, 6) is -0.644. The maximum Gasteiger partial charge on any atom is 0.243 e. The standard InChI is InChI=1S/C32H37FN2O2/c1-2-30(32(37)34-28-16-10-5-11-17-28)35(23-24-18-20-27(33)21-19-24)31(36)22-29(25-12-6-3-7-13-25)26-14-8-4-9-15-26/h3-4,6-9,12-15,18-21,28-30H,2,5,10-11,16-17,22-23H2,1H3,(H,34,37)/t30-/m0/s1. The van der Waals surface area contributed by atoms with E-state index in [-0.39, 0.29) is 42.6 Å². The van der Waals surface area contributed by atoms with Crippen molar-refractivity contribution in [2.45, 2.75) is 76.4 Å². The van der Waals surface area contributed by atoms with E-state index < -0.39 is 6.04 Å². The molecule has 3 aromatic carbocycles. The summed E-state index contributed by atoms with van der Waals surface area (Å²) in [7, 11) is 0. The minimum atomic E-state index is -0.591. The Morgan fingerprint density at radius 1 is 0.865 bits per heavy atom. The van der Waals surface area contributed by atoms with Crippen LogP contribution >= 0.6 is 0 Å². The average Bonchev–Trinajstić information content (AvgIpc) is 2.94. The number of nitrogens with one attached hydrogen (secondary N) is 1. The number of hydrogen-bond donors (Lipinski definition) is 1. The van der Waals surface area contributed by atoms with Crippen LogP contribution in [0.3, 0.4) is 0 Å². The minimum Gasteiger partial charge on any atom is -0.352 e. The molecule has 4 rings (SSSR count). The Morgan fingerprint density at radius 2 is 1.43 bits per heavy atom. The van der Waals surface area contributed by atoms with E-state index in [0.717, 1.165) is 42.4 Å². The quantitative estimate of drug-likeness (QED) is 0.341. The van der Waals surface area contributed by atoms with E-state index in [1.165, 1.54) is 18.6 Å². The van der Waals surface area contributed by atoms with Crippen LogP contribution in [0.25, 0.3) is 0 Å². The van der Waals surface area contributed by atoms with Crippen molar-refractivity contribution in [2.24, 2.45) is 0 Å². The largest absolute Gasteiger partial charge is 0.352 e. The van der Waals surface area contributed by atoms with Gasteiger partial charge in [0.2, 0.25) is 11.8 Å². The van der Waals surface area contributed by atoms with Gasteiger partial charge in [0.05, 0.1) is 0 Å². The van der Waals surface area contributed by atoms with Gasteiger partial charge in [0.1, 0.15) is 11.9 Å². The minimum absolute atomic E-state index is 0.0901. The molecule has 0 spiro atoms. The van der Waals surface area contributed by atoms with Crippen molar-refractivity contribution >= 4 is 11.8 Å². The van der Waals surface area contributed by atoms with Gasteiger partial charge in [-0.3, -0.25) is 9.59 Å². The smallest absolute Gasteiger partial charge is 0.243 e. The van der Waals surface area contributed by atoms with Gasteiger partial charge in [0.25, 0.3) is 0 Å². The van der Waals surface area contributed by atoms with Crippen LogP contribution in [-0.4, -0.2) is 28.8 Å². The lowest BCUT2D eigenvalue weighted by Crippen LogP contribution is -2.51. The van der Waals surface area contributed by atoms with Gasteiger partial charge in [0.15, 0.2) is 0 Å². The Bertz CT molecular complexity index is 1090. The monoisotopic (exact) mass is 500 g/mol. The zero-order chi connectivity index (χ0) is 26.0. The fourth-order valence-corrected chi connectivity index (χ4v) is 5.34. The summed E-state index contributed by atoms with van der Waals surface area (Å²) >= 11 is 0. The van der Waals surface area contributed by atoms with E-state index >= 15 is 0 Å². The first-order valence-electron chi connectivity index (χ1n) is 13.5. The zero-order valence-electron chi connectivity index (χ0n) is 21.6. The summed E-state index contributed by atoms with van der Waals surface area (Å²) in [6.45, 7) is 2.20. The predicted octanol–water partition coefficient (Wildman–Crippen LogP) is 6.60. The molecule has 194 valence electrons. The number of nitrogens with zero attached hydrogens (tertiary/aromatic N) is 1. The summed E-state index contributed by atoms with van der Waals surface area (Å²) in [6.07, 6.45) is 6.16. The van der Waals surface area contributed by atoms with Gasteiger partial charge in [-0.15, -0.1) is 0 Å². The molecule has 0 aromatic heterocycles. The van der Waals surface area contributed by atoms with E-state index in [1.54, 1.807) is 17.0 Å². The van der Waals surface area contributed by atoms with Crippen LogP contribution in [0.2, 0.25) is 0 Å². The summed E-state index contributed by atoms with van der Waals surface area (Å²) < 4.78 is 13.6. The molecule has 2 amide bonds. The first-order chi connectivity index (χ1) is 18.0. The highest BCUT2D eigenvalue weighted by atomic mass is 19.1. The molecule has 1 atom stereocenters. The molecule has 37 heavy (non-hydrogen) atoms. The third kappa shape index (κ3) is 7.28. The van der Waals surface area contributed by atoms with Crippen LogP contribution in [0.15, 0.2) is 84.9 Å². The average molecular weight is 501 g/mol. The van der Waals surface area contributed by atoms with Crippen LogP contribution in [0.5, 0.6) is 0 Å². The van der Waals surface area contributed by atoms with E-state index in [2.05, 4.69) is 5.32 Å². The molecule has 1 saturated carbocycles. The molecule has 1 aliphatic carbocycles. The molecule has 1 N–H and O–H groups in total. The van der Waals surface area contributed by atoms with Crippen molar-refractivity contribution in [3.05, 3.63) is 107 Å². The highest BCUT2D eigenvalue weighted by molar-refractivity contribution is 5.88. The second kappa shape index (κ2) is 13.2. The molecular formula is C32H37FN2O2. The van der Waals surface area contributed by atoms with E-state index in [9.17, 15) is 14.0 Å².